The zero-order valence-electron chi connectivity index (χ0n) is 14.6. The molecule has 0 aliphatic carbocycles. The first kappa shape index (κ1) is 17.5. The van der Waals surface area contributed by atoms with Gasteiger partial charge in [-0.3, -0.25) is 9.48 Å². The summed E-state index contributed by atoms with van der Waals surface area (Å²) < 4.78 is 12.5. The fourth-order valence-corrected chi connectivity index (χ4v) is 3.21. The molecule has 6 nitrogen and oxygen atoms in total. The molecule has 0 radical (unpaired) electrons. The first-order valence-electron chi connectivity index (χ1n) is 8.78. The summed E-state index contributed by atoms with van der Waals surface area (Å²) in [6.45, 7) is 2.53. The molecule has 2 heterocycles. The maximum atomic E-state index is 13.0. The van der Waals surface area contributed by atoms with Crippen molar-refractivity contribution in [2.45, 2.75) is 31.8 Å². The molecular formula is C19H25N3O3. The van der Waals surface area contributed by atoms with Gasteiger partial charge in [-0.25, -0.2) is 0 Å². The fourth-order valence-electron chi connectivity index (χ4n) is 3.21. The van der Waals surface area contributed by atoms with Crippen molar-refractivity contribution >= 4 is 5.91 Å². The van der Waals surface area contributed by atoms with Gasteiger partial charge in [-0.2, -0.15) is 5.10 Å². The number of hydrogen-bond donors (Lipinski definition) is 0. The molecule has 1 aliphatic heterocycles. The molecule has 0 spiro atoms. The lowest BCUT2D eigenvalue weighted by molar-refractivity contribution is 0.0583. The number of amides is 1. The summed E-state index contributed by atoms with van der Waals surface area (Å²) in [4.78, 5) is 15.0. The molecule has 1 fully saturated rings. The third kappa shape index (κ3) is 4.60. The number of ether oxygens (including phenoxy) is 2. The molecule has 2 aromatic rings. The summed E-state index contributed by atoms with van der Waals surface area (Å²) in [6, 6.07) is 9.49. The first-order chi connectivity index (χ1) is 12.3. The highest BCUT2D eigenvalue weighted by atomic mass is 16.5. The predicted octanol–water partition coefficient (Wildman–Crippen LogP) is 2.60. The van der Waals surface area contributed by atoms with E-state index in [1.165, 1.54) is 0 Å². The van der Waals surface area contributed by atoms with Crippen LogP contribution in [0.3, 0.4) is 0 Å². The molecule has 134 valence electrons. The quantitative estimate of drug-likeness (QED) is 0.725. The highest BCUT2D eigenvalue weighted by Gasteiger charge is 2.28. The van der Waals surface area contributed by atoms with Crippen LogP contribution in [0.4, 0.5) is 0 Å². The van der Waals surface area contributed by atoms with E-state index in [-0.39, 0.29) is 11.9 Å². The lowest BCUT2D eigenvalue weighted by atomic mass is 10.0. The Morgan fingerprint density at radius 1 is 1.28 bits per heavy atom. The normalized spacial score (nSPS) is 17.5. The van der Waals surface area contributed by atoms with Crippen molar-refractivity contribution in [3.63, 3.8) is 0 Å². The van der Waals surface area contributed by atoms with Gasteiger partial charge in [0.2, 0.25) is 0 Å². The van der Waals surface area contributed by atoms with E-state index in [1.54, 1.807) is 13.3 Å². The topological polar surface area (TPSA) is 56.6 Å². The summed E-state index contributed by atoms with van der Waals surface area (Å²) in [5.41, 5.74) is 0.669. The molecule has 3 rings (SSSR count). The highest BCUT2D eigenvalue weighted by Crippen LogP contribution is 2.22. The maximum absolute atomic E-state index is 13.0. The number of hydrogen-bond acceptors (Lipinski definition) is 4. The molecule has 1 amide bonds. The molecule has 0 unspecified atom stereocenters. The van der Waals surface area contributed by atoms with Gasteiger partial charge >= 0.3 is 0 Å². The third-order valence-electron chi connectivity index (χ3n) is 4.48. The Hall–Kier alpha value is -2.34. The van der Waals surface area contributed by atoms with Crippen LogP contribution in [-0.2, 0) is 11.3 Å². The monoisotopic (exact) mass is 343 g/mol. The minimum atomic E-state index is 0.0639. The largest absolute Gasteiger partial charge is 0.491 e. The second-order valence-corrected chi connectivity index (χ2v) is 6.25. The van der Waals surface area contributed by atoms with Gasteiger partial charge in [-0.1, -0.05) is 6.07 Å². The summed E-state index contributed by atoms with van der Waals surface area (Å²) in [5.74, 6) is 0.762. The van der Waals surface area contributed by atoms with Crippen LogP contribution in [0.5, 0.6) is 5.75 Å². The van der Waals surface area contributed by atoms with Crippen LogP contribution in [0.1, 0.15) is 29.6 Å². The first-order valence-corrected chi connectivity index (χ1v) is 8.78. The van der Waals surface area contributed by atoms with Gasteiger partial charge in [0.25, 0.3) is 5.91 Å². The van der Waals surface area contributed by atoms with E-state index in [1.807, 2.05) is 46.1 Å². The highest BCUT2D eigenvalue weighted by molar-refractivity contribution is 5.94. The molecule has 0 saturated carbocycles. The van der Waals surface area contributed by atoms with E-state index in [9.17, 15) is 4.79 Å². The van der Waals surface area contributed by atoms with E-state index in [4.69, 9.17) is 9.47 Å². The lowest BCUT2D eigenvalue weighted by Crippen LogP contribution is -2.45. The zero-order chi connectivity index (χ0) is 17.5. The number of nitrogens with zero attached hydrogens (tertiary/aromatic N) is 3. The number of likely N-dealkylation sites (tertiary alicyclic amines) is 1. The van der Waals surface area contributed by atoms with Crippen molar-refractivity contribution in [3.05, 3.63) is 48.3 Å². The Labute approximate surface area is 148 Å². The fraction of sp³-hybridized carbons (Fsp3) is 0.474. The molecule has 6 heteroatoms. The van der Waals surface area contributed by atoms with E-state index >= 15 is 0 Å². The van der Waals surface area contributed by atoms with E-state index < -0.39 is 0 Å². The molecular weight excluding hydrogens is 318 g/mol. The summed E-state index contributed by atoms with van der Waals surface area (Å²) in [5, 5.41) is 4.28. The standard InChI is InChI=1S/C19H25N3O3/c1-24-12-13-25-18-8-4-6-16(14-18)19(23)22-11-3-2-7-17(22)15-21-10-5-9-20-21/h4-6,8-10,14,17H,2-3,7,11-13,15H2,1H3/t17-/m1/s1. The molecule has 25 heavy (non-hydrogen) atoms. The van der Waals surface area contributed by atoms with Crippen molar-refractivity contribution < 1.29 is 14.3 Å². The number of methoxy groups -OCH3 is 1. The minimum absolute atomic E-state index is 0.0639. The van der Waals surface area contributed by atoms with Crippen LogP contribution in [0, 0.1) is 0 Å². The lowest BCUT2D eigenvalue weighted by Gasteiger charge is -2.35. The van der Waals surface area contributed by atoms with Gasteiger partial charge in [-0.05, 0) is 43.5 Å². The van der Waals surface area contributed by atoms with Gasteiger partial charge in [0.05, 0.1) is 19.2 Å². The Morgan fingerprint density at radius 3 is 3.00 bits per heavy atom. The second kappa shape index (κ2) is 8.67. The van der Waals surface area contributed by atoms with Crippen LogP contribution in [0.15, 0.2) is 42.7 Å². The van der Waals surface area contributed by atoms with Crippen LogP contribution in [0.2, 0.25) is 0 Å². The van der Waals surface area contributed by atoms with Gasteiger partial charge in [0.15, 0.2) is 0 Å². The van der Waals surface area contributed by atoms with Crippen LogP contribution in [0.25, 0.3) is 0 Å². The molecule has 1 aliphatic rings. The second-order valence-electron chi connectivity index (χ2n) is 6.25. The average molecular weight is 343 g/mol. The Balaban J connectivity index is 1.70. The van der Waals surface area contributed by atoms with Gasteiger partial charge in [0.1, 0.15) is 12.4 Å². The number of rotatable bonds is 7. The van der Waals surface area contributed by atoms with Crippen LogP contribution >= 0.6 is 0 Å². The molecule has 1 aromatic heterocycles. The predicted molar refractivity (Wildman–Crippen MR) is 94.7 cm³/mol. The van der Waals surface area contributed by atoms with Gasteiger partial charge in [-0.15, -0.1) is 0 Å². The summed E-state index contributed by atoms with van der Waals surface area (Å²) in [7, 11) is 1.64. The van der Waals surface area contributed by atoms with Crippen molar-refractivity contribution in [2.24, 2.45) is 0 Å². The SMILES string of the molecule is COCCOc1cccc(C(=O)N2CCCC[C@@H]2Cn2cccn2)c1. The maximum Gasteiger partial charge on any atom is 0.254 e. The summed E-state index contributed by atoms with van der Waals surface area (Å²) >= 11 is 0. The number of carbonyl (C=O) groups is 1. The van der Waals surface area contributed by atoms with E-state index in [0.29, 0.717) is 24.5 Å². The third-order valence-corrected chi connectivity index (χ3v) is 4.48. The number of aromatic nitrogens is 2. The number of benzene rings is 1. The molecule has 0 N–H and O–H groups in total. The number of piperidine rings is 1. The van der Waals surface area contributed by atoms with Crippen molar-refractivity contribution in [3.8, 4) is 5.75 Å². The van der Waals surface area contributed by atoms with Gasteiger partial charge in [0, 0.05) is 31.6 Å². The smallest absolute Gasteiger partial charge is 0.254 e. The molecule has 1 aromatic carbocycles. The average Bonchev–Trinajstić information content (AvgIpc) is 3.15. The molecule has 1 saturated heterocycles. The Kier molecular flexibility index (Phi) is 6.06. The molecule has 1 atom stereocenters. The van der Waals surface area contributed by atoms with Crippen molar-refractivity contribution in [2.75, 3.05) is 26.9 Å². The van der Waals surface area contributed by atoms with Crippen LogP contribution in [-0.4, -0.2) is 53.5 Å². The minimum Gasteiger partial charge on any atom is -0.491 e. The van der Waals surface area contributed by atoms with E-state index in [2.05, 4.69) is 5.10 Å². The zero-order valence-corrected chi connectivity index (χ0v) is 14.6. The van der Waals surface area contributed by atoms with Crippen molar-refractivity contribution in [1.29, 1.82) is 0 Å². The van der Waals surface area contributed by atoms with Crippen molar-refractivity contribution in [1.82, 2.24) is 14.7 Å². The van der Waals surface area contributed by atoms with Gasteiger partial charge < -0.3 is 14.4 Å². The Bertz CT molecular complexity index is 672. The molecule has 0 bridgehead atoms. The van der Waals surface area contributed by atoms with E-state index in [0.717, 1.165) is 32.4 Å². The summed E-state index contributed by atoms with van der Waals surface area (Å²) in [6.07, 6.45) is 6.92. The van der Waals surface area contributed by atoms with Crippen LogP contribution < -0.4 is 4.74 Å². The Morgan fingerprint density at radius 2 is 2.20 bits per heavy atom. The number of carbonyl (C=O) groups excluding carboxylic acids is 1.